The summed E-state index contributed by atoms with van der Waals surface area (Å²) in [4.78, 5) is 31.3. The van der Waals surface area contributed by atoms with Gasteiger partial charge in [-0.25, -0.2) is 15.0 Å². The summed E-state index contributed by atoms with van der Waals surface area (Å²) in [6.45, 7) is 0.377. The van der Waals surface area contributed by atoms with Crippen molar-refractivity contribution >= 4 is 23.2 Å². The molecule has 3 aromatic rings. The van der Waals surface area contributed by atoms with Gasteiger partial charge in [-0.05, 0) is 12.1 Å². The van der Waals surface area contributed by atoms with Crippen LogP contribution in [0.5, 0.6) is 0 Å². The molecule has 0 aromatic carbocycles. The Morgan fingerprint density at radius 2 is 2.00 bits per heavy atom. The first-order valence-electron chi connectivity index (χ1n) is 7.26. The lowest BCUT2D eigenvalue weighted by Gasteiger charge is -2.14. The second kappa shape index (κ2) is 7.14. The van der Waals surface area contributed by atoms with E-state index in [0.717, 1.165) is 10.6 Å². The predicted molar refractivity (Wildman–Crippen MR) is 92.9 cm³/mol. The van der Waals surface area contributed by atoms with Gasteiger partial charge in [0.1, 0.15) is 5.01 Å². The van der Waals surface area contributed by atoms with E-state index in [1.165, 1.54) is 11.3 Å². The highest BCUT2D eigenvalue weighted by Gasteiger charge is 2.17. The van der Waals surface area contributed by atoms with Crippen LogP contribution in [0.4, 0.5) is 5.95 Å². The molecule has 0 fully saturated rings. The minimum absolute atomic E-state index is 0.234. The molecule has 3 aromatic heterocycles. The zero-order chi connectivity index (χ0) is 16.9. The fourth-order valence-corrected chi connectivity index (χ4v) is 2.63. The zero-order valence-electron chi connectivity index (χ0n) is 13.3. The summed E-state index contributed by atoms with van der Waals surface area (Å²) >= 11 is 1.50. The molecule has 1 N–H and O–H groups in total. The van der Waals surface area contributed by atoms with Crippen LogP contribution < -0.4 is 10.2 Å². The Hall–Kier alpha value is -2.87. The van der Waals surface area contributed by atoms with Crippen molar-refractivity contribution in [3.8, 4) is 11.3 Å². The maximum atomic E-state index is 12.6. The van der Waals surface area contributed by atoms with Gasteiger partial charge in [0.2, 0.25) is 5.95 Å². The highest BCUT2D eigenvalue weighted by Crippen LogP contribution is 2.22. The molecule has 0 radical (unpaired) electrons. The summed E-state index contributed by atoms with van der Waals surface area (Å²) in [5.41, 5.74) is 1.81. The van der Waals surface area contributed by atoms with Gasteiger partial charge in [-0.15, -0.1) is 11.3 Å². The van der Waals surface area contributed by atoms with Crippen molar-refractivity contribution in [2.24, 2.45) is 0 Å². The highest BCUT2D eigenvalue weighted by atomic mass is 32.1. The average Bonchev–Trinajstić information content (AvgIpc) is 3.13. The Kier molecular flexibility index (Phi) is 4.76. The Balaban J connectivity index is 1.92. The van der Waals surface area contributed by atoms with Gasteiger partial charge >= 0.3 is 0 Å². The van der Waals surface area contributed by atoms with E-state index >= 15 is 0 Å². The molecule has 3 rings (SSSR count). The minimum Gasteiger partial charge on any atom is -0.347 e. The number of rotatable bonds is 5. The number of amides is 1. The number of carbonyl (C=O) groups is 1. The molecule has 0 aliphatic heterocycles. The first-order chi connectivity index (χ1) is 11.6. The van der Waals surface area contributed by atoms with Gasteiger partial charge in [0.25, 0.3) is 5.91 Å². The quantitative estimate of drug-likeness (QED) is 0.765. The molecule has 122 valence electrons. The molecule has 7 nitrogen and oxygen atoms in total. The lowest BCUT2D eigenvalue weighted by atomic mass is 10.1. The first kappa shape index (κ1) is 16.0. The van der Waals surface area contributed by atoms with Crippen molar-refractivity contribution < 1.29 is 4.79 Å². The first-order valence-corrected chi connectivity index (χ1v) is 8.14. The molecule has 0 aliphatic carbocycles. The molecule has 0 atom stereocenters. The number of hydrogen-bond acceptors (Lipinski definition) is 7. The SMILES string of the molecule is CN(C)c1ncc(C(=O)NCc2nccs2)c(-c2ccncc2)n1. The number of nitrogens with one attached hydrogen (secondary N) is 1. The smallest absolute Gasteiger partial charge is 0.255 e. The summed E-state index contributed by atoms with van der Waals surface area (Å²) in [5.74, 6) is 0.306. The second-order valence-corrected chi connectivity index (χ2v) is 6.15. The third-order valence-corrected chi connectivity index (χ3v) is 4.04. The van der Waals surface area contributed by atoms with E-state index in [9.17, 15) is 4.79 Å². The number of hydrogen-bond donors (Lipinski definition) is 1. The van der Waals surface area contributed by atoms with Gasteiger partial charge < -0.3 is 10.2 Å². The fourth-order valence-electron chi connectivity index (χ4n) is 2.08. The summed E-state index contributed by atoms with van der Waals surface area (Å²) in [6, 6.07) is 3.64. The van der Waals surface area contributed by atoms with Crippen molar-refractivity contribution in [1.82, 2.24) is 25.3 Å². The Morgan fingerprint density at radius 3 is 2.67 bits per heavy atom. The van der Waals surface area contributed by atoms with E-state index < -0.39 is 0 Å². The van der Waals surface area contributed by atoms with Crippen molar-refractivity contribution in [2.45, 2.75) is 6.54 Å². The summed E-state index contributed by atoms with van der Waals surface area (Å²) in [7, 11) is 3.71. The van der Waals surface area contributed by atoms with E-state index in [2.05, 4.69) is 25.3 Å². The molecule has 0 bridgehead atoms. The Labute approximate surface area is 143 Å². The summed E-state index contributed by atoms with van der Waals surface area (Å²) in [6.07, 6.45) is 6.60. The van der Waals surface area contributed by atoms with Crippen LogP contribution in [0.2, 0.25) is 0 Å². The third-order valence-electron chi connectivity index (χ3n) is 3.26. The van der Waals surface area contributed by atoms with Crippen LogP contribution >= 0.6 is 11.3 Å². The molecule has 24 heavy (non-hydrogen) atoms. The van der Waals surface area contributed by atoms with Crippen LogP contribution in [0.3, 0.4) is 0 Å². The van der Waals surface area contributed by atoms with Gasteiger partial charge in [-0.3, -0.25) is 9.78 Å². The number of carbonyl (C=O) groups excluding carboxylic acids is 1. The number of pyridine rings is 1. The topological polar surface area (TPSA) is 83.9 Å². The van der Waals surface area contributed by atoms with Crippen LogP contribution in [-0.2, 0) is 6.54 Å². The van der Waals surface area contributed by atoms with Crippen molar-refractivity contribution in [2.75, 3.05) is 19.0 Å². The molecular weight excluding hydrogens is 324 g/mol. The van der Waals surface area contributed by atoms with E-state index in [1.54, 1.807) is 29.7 Å². The van der Waals surface area contributed by atoms with Crippen molar-refractivity contribution in [3.63, 3.8) is 0 Å². The van der Waals surface area contributed by atoms with Crippen LogP contribution in [0.25, 0.3) is 11.3 Å². The van der Waals surface area contributed by atoms with Crippen molar-refractivity contribution in [3.05, 3.63) is 52.9 Å². The maximum Gasteiger partial charge on any atom is 0.255 e. The summed E-state index contributed by atoms with van der Waals surface area (Å²) < 4.78 is 0. The molecule has 0 saturated carbocycles. The number of aromatic nitrogens is 4. The second-order valence-electron chi connectivity index (χ2n) is 5.17. The standard InChI is InChI=1S/C16H16N6OS/c1-22(2)16-20-9-12(14(21-16)11-3-5-17-6-4-11)15(23)19-10-13-18-7-8-24-13/h3-9H,10H2,1-2H3,(H,19,23). The third kappa shape index (κ3) is 3.54. The molecule has 0 unspecified atom stereocenters. The normalized spacial score (nSPS) is 10.4. The van der Waals surface area contributed by atoms with Gasteiger partial charge in [0.15, 0.2) is 0 Å². The van der Waals surface area contributed by atoms with E-state index in [0.29, 0.717) is 23.8 Å². The number of thiazole rings is 1. The predicted octanol–water partition coefficient (Wildman–Crippen LogP) is 1.99. The minimum atomic E-state index is -0.234. The zero-order valence-corrected chi connectivity index (χ0v) is 14.1. The number of nitrogens with zero attached hydrogens (tertiary/aromatic N) is 5. The van der Waals surface area contributed by atoms with Gasteiger partial charge in [-0.2, -0.15) is 0 Å². The molecule has 3 heterocycles. The van der Waals surface area contributed by atoms with Crippen molar-refractivity contribution in [1.29, 1.82) is 0 Å². The Bertz CT molecular complexity index is 820. The fraction of sp³-hybridized carbons (Fsp3) is 0.188. The van der Waals surface area contributed by atoms with Crippen LogP contribution in [0, 0.1) is 0 Å². The van der Waals surface area contributed by atoms with Crippen LogP contribution in [0.15, 0.2) is 42.3 Å². The highest BCUT2D eigenvalue weighted by molar-refractivity contribution is 7.09. The molecule has 0 saturated heterocycles. The number of anilines is 1. The van der Waals surface area contributed by atoms with Crippen LogP contribution in [0.1, 0.15) is 15.4 Å². The van der Waals surface area contributed by atoms with E-state index in [4.69, 9.17) is 0 Å². The monoisotopic (exact) mass is 340 g/mol. The molecule has 0 aliphatic rings. The van der Waals surface area contributed by atoms with E-state index in [-0.39, 0.29) is 5.91 Å². The maximum absolute atomic E-state index is 12.6. The lowest BCUT2D eigenvalue weighted by molar-refractivity contribution is 0.0951. The molecular formula is C16H16N6OS. The summed E-state index contributed by atoms with van der Waals surface area (Å²) in [5, 5.41) is 5.58. The van der Waals surface area contributed by atoms with Gasteiger partial charge in [0.05, 0.1) is 17.8 Å². The van der Waals surface area contributed by atoms with Gasteiger partial charge in [0, 0.05) is 49.8 Å². The molecule has 0 spiro atoms. The lowest BCUT2D eigenvalue weighted by Crippen LogP contribution is -2.24. The van der Waals surface area contributed by atoms with Gasteiger partial charge in [-0.1, -0.05) is 0 Å². The average molecular weight is 340 g/mol. The Morgan fingerprint density at radius 1 is 1.21 bits per heavy atom. The molecule has 1 amide bonds. The van der Waals surface area contributed by atoms with E-state index in [1.807, 2.05) is 31.6 Å². The van der Waals surface area contributed by atoms with Crippen LogP contribution in [-0.4, -0.2) is 39.9 Å². The largest absolute Gasteiger partial charge is 0.347 e. The molecule has 8 heteroatoms.